The maximum atomic E-state index is 13.8. The number of carbonyl (C=O) groups is 1. The van der Waals surface area contributed by atoms with Crippen molar-refractivity contribution in [2.45, 2.75) is 27.1 Å². The van der Waals surface area contributed by atoms with Gasteiger partial charge in [0, 0.05) is 11.0 Å². The molecule has 0 radical (unpaired) electrons. The van der Waals surface area contributed by atoms with Crippen LogP contribution in [0, 0.1) is 20.2 Å². The van der Waals surface area contributed by atoms with Gasteiger partial charge in [-0.15, -0.1) is 0 Å². The highest BCUT2D eigenvalue weighted by Gasteiger charge is 2.73. The fraction of sp³-hybridized carbons (Fsp3) is 0.235. The van der Waals surface area contributed by atoms with Crippen LogP contribution in [0.4, 0.5) is 47.8 Å². The molecule has 0 aliphatic rings. The Morgan fingerprint density at radius 3 is 2.06 bits per heavy atom. The average Bonchev–Trinajstić information content (AvgIpc) is 2.73. The van der Waals surface area contributed by atoms with Crippen LogP contribution < -0.4 is 5.32 Å². The molecule has 0 aliphatic carbocycles. The quantitative estimate of drug-likeness (QED) is 0.197. The lowest BCUT2D eigenvalue weighted by atomic mass is 10.3. The van der Waals surface area contributed by atoms with Crippen molar-refractivity contribution >= 4 is 44.6 Å². The van der Waals surface area contributed by atoms with E-state index in [4.69, 9.17) is 0 Å². The number of hydrogen-bond acceptors (Lipinski definition) is 8. The van der Waals surface area contributed by atoms with Crippen LogP contribution in [0.2, 0.25) is 0 Å². The first-order valence-corrected chi connectivity index (χ1v) is 11.3. The number of hydrogen-bond donors (Lipinski definition) is 1. The molecule has 1 N–H and O–H groups in total. The van der Waals surface area contributed by atoms with Gasteiger partial charge in [0.1, 0.15) is 10.6 Å². The zero-order valence-corrected chi connectivity index (χ0v) is 18.6. The minimum atomic E-state index is -6.62. The van der Waals surface area contributed by atoms with Gasteiger partial charge in [0.2, 0.25) is 5.91 Å². The topological polar surface area (TPSA) is 150 Å². The van der Waals surface area contributed by atoms with E-state index in [0.29, 0.717) is 24.3 Å². The molecular weight excluding hydrogens is 555 g/mol. The Bertz CT molecular complexity index is 1320. The Hall–Kier alpha value is -3.48. The molecule has 0 atom stereocenters. The van der Waals surface area contributed by atoms with E-state index in [-0.39, 0.29) is 0 Å². The van der Waals surface area contributed by atoms with Gasteiger partial charge in [-0.25, -0.2) is 8.42 Å². The molecule has 0 bridgehead atoms. The predicted molar refractivity (Wildman–Crippen MR) is 109 cm³/mol. The Kier molecular flexibility index (Phi) is 7.89. The molecule has 0 spiro atoms. The number of thioether (sulfide) groups is 1. The molecule has 0 unspecified atom stereocenters. The molecule has 1 amide bonds. The van der Waals surface area contributed by atoms with Crippen LogP contribution in [0.25, 0.3) is 0 Å². The third-order valence-electron chi connectivity index (χ3n) is 4.13. The van der Waals surface area contributed by atoms with Crippen LogP contribution in [0.1, 0.15) is 0 Å². The summed E-state index contributed by atoms with van der Waals surface area (Å²) in [4.78, 5) is 29.7. The van der Waals surface area contributed by atoms with E-state index in [0.717, 1.165) is 18.2 Å². The number of anilines is 1. The number of nitrogens with one attached hydrogen (secondary N) is 1. The van der Waals surface area contributed by atoms with Crippen LogP contribution in [0.3, 0.4) is 0 Å². The number of nitro groups is 2. The minimum Gasteiger partial charge on any atom is -0.324 e. The molecule has 0 heterocycles. The number of halogens is 7. The molecule has 0 fully saturated rings. The van der Waals surface area contributed by atoms with E-state index >= 15 is 0 Å². The van der Waals surface area contributed by atoms with Crippen molar-refractivity contribution in [1.82, 2.24) is 0 Å². The van der Waals surface area contributed by atoms with E-state index in [1.807, 2.05) is 0 Å². The van der Waals surface area contributed by atoms with Crippen LogP contribution >= 0.6 is 11.8 Å². The standard InChI is InChI=1S/C17H10F7N3O7S2/c18-15(19,16(20,21)22)17(23,24)35-12-4-2-1-3-10(12)25-14(28)8-36(33,34)13-6-5-9(26(29)30)7-11(13)27(31)32/h1-7H,8H2,(H,25,28). The van der Waals surface area contributed by atoms with E-state index < -0.39 is 87.3 Å². The second-order valence-electron chi connectivity index (χ2n) is 6.66. The lowest BCUT2D eigenvalue weighted by Crippen LogP contribution is -2.49. The fourth-order valence-corrected chi connectivity index (χ4v) is 4.68. The molecule has 2 aromatic carbocycles. The van der Waals surface area contributed by atoms with Crippen LogP contribution in [0.5, 0.6) is 0 Å². The summed E-state index contributed by atoms with van der Waals surface area (Å²) in [5.41, 5.74) is -2.85. The summed E-state index contributed by atoms with van der Waals surface area (Å²) >= 11 is -1.25. The van der Waals surface area contributed by atoms with Crippen LogP contribution in [-0.2, 0) is 14.6 Å². The number of nitro benzene ring substituents is 2. The molecule has 10 nitrogen and oxygen atoms in total. The highest BCUT2D eigenvalue weighted by molar-refractivity contribution is 8.00. The van der Waals surface area contributed by atoms with Gasteiger partial charge in [0.25, 0.3) is 11.4 Å². The molecule has 196 valence electrons. The van der Waals surface area contributed by atoms with Crippen molar-refractivity contribution in [3.8, 4) is 0 Å². The predicted octanol–water partition coefficient (Wildman–Crippen LogP) is 4.80. The average molecular weight is 565 g/mol. The normalized spacial score (nSPS) is 12.8. The van der Waals surface area contributed by atoms with Crippen LogP contribution in [-0.4, -0.2) is 47.3 Å². The molecule has 0 aromatic heterocycles. The van der Waals surface area contributed by atoms with Crippen molar-refractivity contribution in [3.63, 3.8) is 0 Å². The van der Waals surface area contributed by atoms with Crippen LogP contribution in [0.15, 0.2) is 52.3 Å². The number of sulfone groups is 1. The zero-order chi connectivity index (χ0) is 27.7. The molecular formula is C17H10F7N3O7S2. The molecule has 0 aliphatic heterocycles. The van der Waals surface area contributed by atoms with E-state index in [2.05, 4.69) is 0 Å². The molecule has 19 heteroatoms. The third-order valence-corrected chi connectivity index (χ3v) is 6.87. The Labute approximate surface area is 199 Å². The summed E-state index contributed by atoms with van der Waals surface area (Å²) in [6.45, 7) is 0. The van der Waals surface area contributed by atoms with E-state index in [1.165, 1.54) is 0 Å². The summed E-state index contributed by atoms with van der Waals surface area (Å²) < 4.78 is 116. The number of carbonyl (C=O) groups excluding carboxylic acids is 1. The largest absolute Gasteiger partial charge is 0.460 e. The lowest BCUT2D eigenvalue weighted by Gasteiger charge is -2.28. The Morgan fingerprint density at radius 1 is 0.944 bits per heavy atom. The monoisotopic (exact) mass is 565 g/mol. The summed E-state index contributed by atoms with van der Waals surface area (Å²) in [7, 11) is -4.89. The Morgan fingerprint density at radius 2 is 1.53 bits per heavy atom. The van der Waals surface area contributed by atoms with Crippen molar-refractivity contribution < 1.29 is 53.8 Å². The minimum absolute atomic E-state index is 0.319. The number of amides is 1. The number of rotatable bonds is 9. The molecule has 0 saturated heterocycles. The van der Waals surface area contributed by atoms with Crippen molar-refractivity contribution in [2.24, 2.45) is 0 Å². The summed E-state index contributed by atoms with van der Waals surface area (Å²) in [6.07, 6.45) is -6.62. The van der Waals surface area contributed by atoms with Gasteiger partial charge in [-0.2, -0.15) is 30.7 Å². The first-order valence-electron chi connectivity index (χ1n) is 8.86. The second-order valence-corrected chi connectivity index (χ2v) is 9.78. The van der Waals surface area contributed by atoms with Gasteiger partial charge < -0.3 is 5.32 Å². The molecule has 0 saturated carbocycles. The smallest absolute Gasteiger partial charge is 0.324 e. The van der Waals surface area contributed by atoms with Gasteiger partial charge in [-0.1, -0.05) is 12.1 Å². The highest BCUT2D eigenvalue weighted by Crippen LogP contribution is 2.54. The maximum absolute atomic E-state index is 13.8. The number of non-ortho nitro benzene ring substituents is 1. The number of nitrogens with zero attached hydrogens (tertiary/aromatic N) is 2. The van der Waals surface area contributed by atoms with Gasteiger partial charge in [0.05, 0.1) is 21.6 Å². The number of alkyl halides is 7. The first-order chi connectivity index (χ1) is 16.3. The van der Waals surface area contributed by atoms with Crippen molar-refractivity contribution in [3.05, 3.63) is 62.7 Å². The van der Waals surface area contributed by atoms with Gasteiger partial charge >= 0.3 is 17.4 Å². The molecule has 2 aromatic rings. The van der Waals surface area contributed by atoms with Gasteiger partial charge in [-0.3, -0.25) is 25.0 Å². The fourth-order valence-electron chi connectivity index (χ4n) is 2.49. The summed E-state index contributed by atoms with van der Waals surface area (Å²) in [5, 5.41) is 17.9. The summed E-state index contributed by atoms with van der Waals surface area (Å²) in [6, 6.07) is 4.86. The Balaban J connectivity index is 2.33. The maximum Gasteiger partial charge on any atom is 0.460 e. The van der Waals surface area contributed by atoms with Crippen molar-refractivity contribution in [2.75, 3.05) is 11.1 Å². The molecule has 2 rings (SSSR count). The molecule has 36 heavy (non-hydrogen) atoms. The SMILES string of the molecule is O=C(CS(=O)(=O)c1ccc([N+](=O)[O-])cc1[N+](=O)[O-])Nc1ccccc1SC(F)(F)C(F)(F)C(F)(F)F. The van der Waals surface area contributed by atoms with E-state index in [9.17, 15) is 64.2 Å². The van der Waals surface area contributed by atoms with Gasteiger partial charge in [-0.05, 0) is 30.0 Å². The highest BCUT2D eigenvalue weighted by atomic mass is 32.2. The number of benzene rings is 2. The van der Waals surface area contributed by atoms with Crippen molar-refractivity contribution in [1.29, 1.82) is 0 Å². The number of para-hydroxylation sites is 1. The third kappa shape index (κ3) is 6.01. The van der Waals surface area contributed by atoms with E-state index in [1.54, 1.807) is 5.32 Å². The zero-order valence-electron chi connectivity index (χ0n) is 17.0. The lowest BCUT2D eigenvalue weighted by molar-refractivity contribution is -0.396. The summed E-state index contributed by atoms with van der Waals surface area (Å²) in [5.74, 6) is -9.60. The second kappa shape index (κ2) is 9.88. The van der Waals surface area contributed by atoms with Gasteiger partial charge in [0.15, 0.2) is 9.84 Å². The first kappa shape index (κ1) is 28.8.